The Labute approximate surface area is 160 Å². The normalized spacial score (nSPS) is 21.6. The summed E-state index contributed by atoms with van der Waals surface area (Å²) in [5, 5.41) is 1.49. The molecule has 0 bridgehead atoms. The average Bonchev–Trinajstić information content (AvgIpc) is 2.61. The van der Waals surface area contributed by atoms with Crippen LogP contribution < -0.4 is 0 Å². The van der Waals surface area contributed by atoms with E-state index in [1.807, 2.05) is 48.5 Å². The molecule has 2 atom stereocenters. The Morgan fingerprint density at radius 3 is 1.48 bits per heavy atom. The van der Waals surface area contributed by atoms with Gasteiger partial charge in [-0.05, 0) is 61.1 Å². The Kier molecular flexibility index (Phi) is 6.56. The van der Waals surface area contributed by atoms with Crippen LogP contribution in [-0.4, -0.2) is 5.78 Å². The highest BCUT2D eigenvalue weighted by Gasteiger charge is 2.28. The van der Waals surface area contributed by atoms with E-state index in [-0.39, 0.29) is 11.8 Å². The van der Waals surface area contributed by atoms with Crippen molar-refractivity contribution in [3.63, 3.8) is 0 Å². The second-order valence-corrected chi connectivity index (χ2v) is 7.97. The minimum absolute atomic E-state index is 0.124. The molecule has 1 fully saturated rings. The van der Waals surface area contributed by atoms with Crippen LogP contribution in [0.5, 0.6) is 0 Å². The molecule has 0 aliphatic heterocycles. The van der Waals surface area contributed by atoms with Crippen molar-refractivity contribution in [3.05, 3.63) is 69.7 Å². The van der Waals surface area contributed by atoms with Gasteiger partial charge in [-0.3, -0.25) is 4.79 Å². The van der Waals surface area contributed by atoms with Crippen LogP contribution in [0.15, 0.2) is 48.5 Å². The zero-order chi connectivity index (χ0) is 17.6. The highest BCUT2D eigenvalue weighted by Crippen LogP contribution is 2.29. The molecule has 2 aromatic rings. The molecule has 1 nitrogen and oxygen atoms in total. The molecule has 0 amide bonds. The molecule has 3 heteroatoms. The molecule has 2 aromatic carbocycles. The Morgan fingerprint density at radius 1 is 0.680 bits per heavy atom. The van der Waals surface area contributed by atoms with E-state index in [0.29, 0.717) is 5.78 Å². The van der Waals surface area contributed by atoms with Crippen LogP contribution in [0.4, 0.5) is 0 Å². The Morgan fingerprint density at radius 2 is 1.08 bits per heavy atom. The van der Waals surface area contributed by atoms with E-state index in [1.54, 1.807) is 0 Å². The molecule has 132 valence electrons. The quantitative estimate of drug-likeness (QED) is 0.593. The van der Waals surface area contributed by atoms with Gasteiger partial charge in [0.25, 0.3) is 0 Å². The second-order valence-electron chi connectivity index (χ2n) is 7.10. The maximum Gasteiger partial charge on any atom is 0.139 e. The molecule has 1 aliphatic carbocycles. The summed E-state index contributed by atoms with van der Waals surface area (Å²) in [6.07, 6.45) is 7.17. The fourth-order valence-electron chi connectivity index (χ4n) is 3.79. The van der Waals surface area contributed by atoms with E-state index in [9.17, 15) is 4.79 Å². The highest BCUT2D eigenvalue weighted by atomic mass is 35.5. The molecule has 1 aliphatic rings. The largest absolute Gasteiger partial charge is 0.299 e. The molecule has 1 saturated carbocycles. The van der Waals surface area contributed by atoms with Crippen LogP contribution in [0.25, 0.3) is 0 Å². The van der Waals surface area contributed by atoms with Crippen molar-refractivity contribution in [2.75, 3.05) is 0 Å². The summed E-state index contributed by atoms with van der Waals surface area (Å²) in [6.45, 7) is 0. The third kappa shape index (κ3) is 5.33. The number of carbonyl (C=O) groups is 1. The van der Waals surface area contributed by atoms with Gasteiger partial charge in [-0.15, -0.1) is 0 Å². The lowest BCUT2D eigenvalue weighted by molar-refractivity contribution is -0.127. The molecule has 25 heavy (non-hydrogen) atoms. The molecule has 0 spiro atoms. The van der Waals surface area contributed by atoms with E-state index in [1.165, 1.54) is 17.5 Å². The fourth-order valence-corrected chi connectivity index (χ4v) is 4.04. The van der Waals surface area contributed by atoms with Gasteiger partial charge in [0.2, 0.25) is 0 Å². The summed E-state index contributed by atoms with van der Waals surface area (Å²) in [5.41, 5.74) is 2.40. The number of carbonyl (C=O) groups excluding carboxylic acids is 1. The monoisotopic (exact) mass is 374 g/mol. The zero-order valence-electron chi connectivity index (χ0n) is 14.4. The van der Waals surface area contributed by atoms with Crippen molar-refractivity contribution in [2.24, 2.45) is 11.8 Å². The van der Waals surface area contributed by atoms with Gasteiger partial charge in [0.05, 0.1) is 0 Å². The lowest BCUT2D eigenvalue weighted by Gasteiger charge is -2.25. The maximum atomic E-state index is 13.2. The predicted molar refractivity (Wildman–Crippen MR) is 105 cm³/mol. The van der Waals surface area contributed by atoms with Gasteiger partial charge in [-0.25, -0.2) is 0 Å². The van der Waals surface area contributed by atoms with Gasteiger partial charge in [0.1, 0.15) is 5.78 Å². The molecule has 0 aromatic heterocycles. The van der Waals surface area contributed by atoms with Crippen molar-refractivity contribution in [3.8, 4) is 0 Å². The molecular formula is C22H24Cl2O. The number of hydrogen-bond acceptors (Lipinski definition) is 1. The summed E-state index contributed by atoms with van der Waals surface area (Å²) >= 11 is 12.0. The smallest absolute Gasteiger partial charge is 0.139 e. The van der Waals surface area contributed by atoms with Crippen LogP contribution >= 0.6 is 23.2 Å². The first-order valence-corrected chi connectivity index (χ1v) is 9.90. The van der Waals surface area contributed by atoms with Gasteiger partial charge in [-0.2, -0.15) is 0 Å². The molecule has 3 rings (SSSR count). The first kappa shape index (κ1) is 18.5. The van der Waals surface area contributed by atoms with E-state index in [0.717, 1.165) is 48.6 Å². The topological polar surface area (TPSA) is 17.1 Å². The molecule has 0 N–H and O–H groups in total. The second kappa shape index (κ2) is 8.87. The maximum absolute atomic E-state index is 13.2. The molecule has 0 radical (unpaired) electrons. The van der Waals surface area contributed by atoms with Gasteiger partial charge >= 0.3 is 0 Å². The third-order valence-electron chi connectivity index (χ3n) is 5.20. The summed E-state index contributed by atoms with van der Waals surface area (Å²) in [7, 11) is 0. The lowest BCUT2D eigenvalue weighted by Crippen LogP contribution is -2.28. The van der Waals surface area contributed by atoms with Crippen molar-refractivity contribution < 1.29 is 4.79 Å². The lowest BCUT2D eigenvalue weighted by atomic mass is 9.78. The molecule has 0 heterocycles. The number of ketones is 1. The Hall–Kier alpha value is -1.31. The van der Waals surface area contributed by atoms with E-state index in [2.05, 4.69) is 0 Å². The fraction of sp³-hybridized carbons (Fsp3) is 0.409. The summed E-state index contributed by atoms with van der Waals surface area (Å²) in [4.78, 5) is 13.2. The summed E-state index contributed by atoms with van der Waals surface area (Å²) < 4.78 is 0. The SMILES string of the molecule is O=C1C(Cc2ccc(Cl)cc2)CCCCCC1Cc1ccc(Cl)cc1. The van der Waals surface area contributed by atoms with Crippen molar-refractivity contribution >= 4 is 29.0 Å². The first-order chi connectivity index (χ1) is 12.1. The van der Waals surface area contributed by atoms with Crippen molar-refractivity contribution in [1.82, 2.24) is 0 Å². The van der Waals surface area contributed by atoms with Gasteiger partial charge in [-0.1, -0.05) is 66.7 Å². The minimum atomic E-state index is 0.124. The molecular weight excluding hydrogens is 351 g/mol. The molecule has 2 unspecified atom stereocenters. The van der Waals surface area contributed by atoms with E-state index < -0.39 is 0 Å². The number of hydrogen-bond donors (Lipinski definition) is 0. The number of rotatable bonds is 4. The van der Waals surface area contributed by atoms with Crippen molar-refractivity contribution in [2.45, 2.75) is 44.9 Å². The van der Waals surface area contributed by atoms with Gasteiger partial charge in [0.15, 0.2) is 0 Å². The predicted octanol–water partition coefficient (Wildman–Crippen LogP) is 6.54. The average molecular weight is 375 g/mol. The number of halogens is 2. The third-order valence-corrected chi connectivity index (χ3v) is 5.70. The Bertz CT molecular complexity index is 631. The van der Waals surface area contributed by atoms with Crippen molar-refractivity contribution in [1.29, 1.82) is 0 Å². The summed E-state index contributed by atoms with van der Waals surface area (Å²) in [5.74, 6) is 0.683. The molecule has 0 saturated heterocycles. The zero-order valence-corrected chi connectivity index (χ0v) is 15.9. The number of Topliss-reactive ketones (excluding diaryl/α,β-unsaturated/α-hetero) is 1. The number of benzene rings is 2. The van der Waals surface area contributed by atoms with Crippen LogP contribution in [0.1, 0.15) is 43.2 Å². The minimum Gasteiger partial charge on any atom is -0.299 e. The van der Waals surface area contributed by atoms with E-state index >= 15 is 0 Å². The van der Waals surface area contributed by atoms with E-state index in [4.69, 9.17) is 23.2 Å². The van der Waals surface area contributed by atoms with Crippen LogP contribution in [-0.2, 0) is 17.6 Å². The standard InChI is InChI=1S/C22H24Cl2O/c23-20-10-6-16(7-11-20)14-18-4-2-1-3-5-19(22(18)25)15-17-8-12-21(24)13-9-17/h6-13,18-19H,1-5,14-15H2. The van der Waals surface area contributed by atoms with Crippen LogP contribution in [0.3, 0.4) is 0 Å². The highest BCUT2D eigenvalue weighted by molar-refractivity contribution is 6.30. The Balaban J connectivity index is 1.72. The van der Waals surface area contributed by atoms with Gasteiger partial charge in [0, 0.05) is 21.9 Å². The van der Waals surface area contributed by atoms with Crippen LogP contribution in [0, 0.1) is 11.8 Å². The first-order valence-electron chi connectivity index (χ1n) is 9.14. The van der Waals surface area contributed by atoms with Crippen LogP contribution in [0.2, 0.25) is 10.0 Å². The summed E-state index contributed by atoms with van der Waals surface area (Å²) in [6, 6.07) is 15.8. The van der Waals surface area contributed by atoms with Gasteiger partial charge < -0.3 is 0 Å².